The Morgan fingerprint density at radius 3 is 2.31 bits per heavy atom. The average Bonchev–Trinajstić information content (AvgIpc) is 2.74. The second kappa shape index (κ2) is 9.56. The zero-order valence-electron chi connectivity index (χ0n) is 16.3. The Morgan fingerprint density at radius 2 is 1.66 bits per heavy atom. The Hall–Kier alpha value is -2.86. The Morgan fingerprint density at radius 1 is 0.897 bits per heavy atom. The van der Waals surface area contributed by atoms with E-state index in [1.54, 1.807) is 25.3 Å². The lowest BCUT2D eigenvalue weighted by Crippen LogP contribution is -2.01. The predicted molar refractivity (Wildman–Crippen MR) is 105 cm³/mol. The highest BCUT2D eigenvalue weighted by Crippen LogP contribution is 2.26. The highest BCUT2D eigenvalue weighted by atomic mass is 19.2. The number of hydrogen-bond donors (Lipinski definition) is 0. The second-order valence-corrected chi connectivity index (χ2v) is 6.56. The number of hydrogen-bond acceptors (Lipinski definition) is 3. The fraction of sp³-hybridized carbons (Fsp3) is 0.261. The van der Waals surface area contributed by atoms with Gasteiger partial charge in [0.25, 0.3) is 0 Å². The van der Waals surface area contributed by atoms with Gasteiger partial charge in [-0.3, -0.25) is 4.98 Å². The third-order valence-corrected chi connectivity index (χ3v) is 4.64. The Kier molecular flexibility index (Phi) is 6.88. The molecular weight excluding hydrogens is 379 g/mol. The van der Waals surface area contributed by atoms with E-state index in [1.165, 1.54) is 25.3 Å². The molecule has 0 atom stereocenters. The molecule has 0 spiro atoms. The van der Waals surface area contributed by atoms with Crippen molar-refractivity contribution >= 4 is 0 Å². The minimum Gasteiger partial charge on any atom is -0.494 e. The van der Waals surface area contributed by atoms with E-state index in [-0.39, 0.29) is 23.5 Å². The molecule has 1 aromatic heterocycles. The topological polar surface area (TPSA) is 31.4 Å². The normalized spacial score (nSPS) is 10.9. The number of halogens is 3. The molecule has 0 bridgehead atoms. The van der Waals surface area contributed by atoms with E-state index < -0.39 is 17.5 Å². The van der Waals surface area contributed by atoms with Crippen LogP contribution in [0, 0.1) is 17.5 Å². The molecule has 0 saturated heterocycles. The molecule has 0 aliphatic rings. The predicted octanol–water partition coefficient (Wildman–Crippen LogP) is 5.50. The first-order chi connectivity index (χ1) is 14.0. The largest absolute Gasteiger partial charge is 0.494 e. The minimum absolute atomic E-state index is 0.0256. The molecule has 152 valence electrons. The van der Waals surface area contributed by atoms with Crippen LogP contribution in [-0.2, 0) is 24.2 Å². The van der Waals surface area contributed by atoms with Crippen LogP contribution in [0.15, 0.2) is 48.7 Å². The summed E-state index contributed by atoms with van der Waals surface area (Å²) in [5.74, 6) is -2.04. The van der Waals surface area contributed by atoms with Gasteiger partial charge in [-0.15, -0.1) is 0 Å². The lowest BCUT2D eigenvalue weighted by Gasteiger charge is -2.09. The van der Waals surface area contributed by atoms with Gasteiger partial charge in [-0.1, -0.05) is 18.2 Å². The van der Waals surface area contributed by atoms with Crippen LogP contribution in [0.2, 0.25) is 0 Å². The van der Waals surface area contributed by atoms with E-state index in [9.17, 15) is 13.2 Å². The van der Waals surface area contributed by atoms with Gasteiger partial charge >= 0.3 is 0 Å². The average molecular weight is 401 g/mol. The van der Waals surface area contributed by atoms with Crippen molar-refractivity contribution in [3.63, 3.8) is 0 Å². The Labute approximate surface area is 168 Å². The molecule has 3 rings (SSSR count). The first kappa shape index (κ1) is 20.9. The van der Waals surface area contributed by atoms with Gasteiger partial charge in [-0.25, -0.2) is 13.2 Å². The summed E-state index contributed by atoms with van der Waals surface area (Å²) in [4.78, 5) is 4.27. The van der Waals surface area contributed by atoms with Gasteiger partial charge in [0.1, 0.15) is 0 Å². The van der Waals surface area contributed by atoms with E-state index in [1.807, 2.05) is 12.1 Å². The van der Waals surface area contributed by atoms with E-state index in [0.29, 0.717) is 25.1 Å². The van der Waals surface area contributed by atoms with Crippen LogP contribution < -0.4 is 4.74 Å². The molecule has 3 nitrogen and oxygen atoms in total. The van der Waals surface area contributed by atoms with Crippen molar-refractivity contribution in [1.29, 1.82) is 0 Å². The molecule has 0 saturated carbocycles. The van der Waals surface area contributed by atoms with Gasteiger partial charge in [0, 0.05) is 23.9 Å². The summed E-state index contributed by atoms with van der Waals surface area (Å²) in [7, 11) is 1.42. The zero-order chi connectivity index (χ0) is 20.8. The van der Waals surface area contributed by atoms with Crippen molar-refractivity contribution in [3.05, 3.63) is 82.8 Å². The maximum atomic E-state index is 14.4. The van der Waals surface area contributed by atoms with Gasteiger partial charge < -0.3 is 9.47 Å². The summed E-state index contributed by atoms with van der Waals surface area (Å²) in [5.41, 5.74) is 2.38. The van der Waals surface area contributed by atoms with Crippen LogP contribution in [-0.4, -0.2) is 18.7 Å². The van der Waals surface area contributed by atoms with Crippen molar-refractivity contribution in [2.45, 2.75) is 26.4 Å². The van der Waals surface area contributed by atoms with Crippen LogP contribution in [0.4, 0.5) is 13.2 Å². The number of rotatable bonds is 8. The number of ether oxygens (including phenoxy) is 2. The smallest absolute Gasteiger partial charge is 0.168 e. The Bertz CT molecular complexity index is 975. The zero-order valence-corrected chi connectivity index (χ0v) is 16.3. The maximum absolute atomic E-state index is 14.4. The molecule has 0 aliphatic carbocycles. The molecule has 29 heavy (non-hydrogen) atoms. The monoisotopic (exact) mass is 401 g/mol. The van der Waals surface area contributed by atoms with Gasteiger partial charge in [0.2, 0.25) is 0 Å². The van der Waals surface area contributed by atoms with Crippen LogP contribution in [0.1, 0.15) is 23.6 Å². The first-order valence-electron chi connectivity index (χ1n) is 9.35. The number of pyridine rings is 1. The number of methoxy groups -OCH3 is 1. The van der Waals surface area contributed by atoms with Crippen molar-refractivity contribution in [3.8, 4) is 17.0 Å². The van der Waals surface area contributed by atoms with Gasteiger partial charge in [-0.05, 0) is 55.2 Å². The highest BCUT2D eigenvalue weighted by molar-refractivity contribution is 5.60. The number of aryl methyl sites for hydroxylation is 2. The van der Waals surface area contributed by atoms with Crippen molar-refractivity contribution in [2.24, 2.45) is 0 Å². The molecule has 0 amide bonds. The summed E-state index contributed by atoms with van der Waals surface area (Å²) in [6.07, 6.45) is 2.89. The summed E-state index contributed by atoms with van der Waals surface area (Å²) in [6, 6.07) is 11.3. The minimum atomic E-state index is -0.934. The van der Waals surface area contributed by atoms with E-state index >= 15 is 0 Å². The van der Waals surface area contributed by atoms with Gasteiger partial charge in [-0.2, -0.15) is 0 Å². The molecule has 0 fully saturated rings. The lowest BCUT2D eigenvalue weighted by molar-refractivity contribution is 0.131. The van der Waals surface area contributed by atoms with E-state index in [4.69, 9.17) is 9.47 Å². The quantitative estimate of drug-likeness (QED) is 0.500. The van der Waals surface area contributed by atoms with E-state index in [0.717, 1.165) is 11.1 Å². The molecule has 0 unspecified atom stereocenters. The molecule has 2 aromatic carbocycles. The lowest BCUT2D eigenvalue weighted by atomic mass is 10.0. The summed E-state index contributed by atoms with van der Waals surface area (Å²) >= 11 is 0. The second-order valence-electron chi connectivity index (χ2n) is 6.56. The van der Waals surface area contributed by atoms with Gasteiger partial charge in [0.15, 0.2) is 23.2 Å². The summed E-state index contributed by atoms with van der Waals surface area (Å²) in [5, 5.41) is 0. The highest BCUT2D eigenvalue weighted by Gasteiger charge is 2.15. The summed E-state index contributed by atoms with van der Waals surface area (Å²) < 4.78 is 52.5. The van der Waals surface area contributed by atoms with Crippen molar-refractivity contribution in [2.75, 3.05) is 13.7 Å². The molecular formula is C23H22F3NO2. The van der Waals surface area contributed by atoms with Crippen molar-refractivity contribution in [1.82, 2.24) is 4.98 Å². The number of aromatic nitrogens is 1. The first-order valence-corrected chi connectivity index (χ1v) is 9.35. The fourth-order valence-corrected chi connectivity index (χ4v) is 3.00. The summed E-state index contributed by atoms with van der Waals surface area (Å²) in [6.45, 7) is 2.24. The molecule has 0 aliphatic heterocycles. The SMILES string of the molecule is CCOCc1ccc(-c2ccc(CCc3ccc(OC)c(F)c3)cn2)c(F)c1F. The molecule has 3 aromatic rings. The van der Waals surface area contributed by atoms with Crippen LogP contribution in [0.3, 0.4) is 0 Å². The standard InChI is InChI=1S/C23H22F3NO2/c1-3-29-14-17-8-9-18(23(26)22(17)25)20-10-6-16(13-27-20)5-4-15-7-11-21(28-2)19(24)12-15/h6-13H,3-5,14H2,1-2H3. The third kappa shape index (κ3) is 4.95. The fourth-order valence-electron chi connectivity index (χ4n) is 3.00. The van der Waals surface area contributed by atoms with Gasteiger partial charge in [0.05, 0.1) is 19.4 Å². The third-order valence-electron chi connectivity index (χ3n) is 4.64. The maximum Gasteiger partial charge on any atom is 0.168 e. The van der Waals surface area contributed by atoms with Crippen LogP contribution in [0.5, 0.6) is 5.75 Å². The molecule has 0 N–H and O–H groups in total. The molecule has 6 heteroatoms. The molecule has 1 heterocycles. The molecule has 0 radical (unpaired) electrons. The van der Waals surface area contributed by atoms with Crippen LogP contribution >= 0.6 is 0 Å². The van der Waals surface area contributed by atoms with Crippen molar-refractivity contribution < 1.29 is 22.6 Å². The number of nitrogens with zero attached hydrogens (tertiary/aromatic N) is 1. The van der Waals surface area contributed by atoms with E-state index in [2.05, 4.69) is 4.98 Å². The Balaban J connectivity index is 1.70. The number of benzene rings is 2. The van der Waals surface area contributed by atoms with Crippen LogP contribution in [0.25, 0.3) is 11.3 Å².